The molecule has 2 amide bonds. The highest BCUT2D eigenvalue weighted by atomic mass is 16.3. The van der Waals surface area contributed by atoms with Gasteiger partial charge in [0.05, 0.1) is 25.2 Å². The molecule has 1 saturated carbocycles. The molecular weight excluding hydrogens is 366 g/mol. The van der Waals surface area contributed by atoms with Crippen LogP contribution in [0.1, 0.15) is 30.7 Å². The van der Waals surface area contributed by atoms with Gasteiger partial charge in [-0.25, -0.2) is 0 Å². The summed E-state index contributed by atoms with van der Waals surface area (Å²) < 4.78 is 0. The summed E-state index contributed by atoms with van der Waals surface area (Å²) in [5.74, 6) is 0.604. The third-order valence-electron chi connectivity index (χ3n) is 6.56. The van der Waals surface area contributed by atoms with E-state index in [0.29, 0.717) is 18.9 Å². The van der Waals surface area contributed by atoms with Crippen molar-refractivity contribution in [1.82, 2.24) is 14.8 Å². The second-order valence-electron chi connectivity index (χ2n) is 8.43. The van der Waals surface area contributed by atoms with Gasteiger partial charge in [0, 0.05) is 31.3 Å². The Hall–Kier alpha value is -2.73. The maximum atomic E-state index is 12.7. The predicted octanol–water partition coefficient (Wildman–Crippen LogP) is 2.05. The summed E-state index contributed by atoms with van der Waals surface area (Å²) in [6.45, 7) is 0.640. The first kappa shape index (κ1) is 18.3. The fourth-order valence-corrected chi connectivity index (χ4v) is 4.82. The third kappa shape index (κ3) is 3.31. The minimum Gasteiger partial charge on any atom is -0.394 e. The van der Waals surface area contributed by atoms with E-state index < -0.39 is 0 Å². The van der Waals surface area contributed by atoms with Crippen molar-refractivity contribution in [2.45, 2.75) is 37.3 Å². The number of aliphatic hydroxyl groups excluding tert-OH is 1. The molecule has 0 spiro atoms. The van der Waals surface area contributed by atoms with Crippen LogP contribution in [0.5, 0.6) is 0 Å². The largest absolute Gasteiger partial charge is 0.394 e. The van der Waals surface area contributed by atoms with E-state index in [1.54, 1.807) is 16.0 Å². The summed E-state index contributed by atoms with van der Waals surface area (Å²) in [5.41, 5.74) is 3.24. The molecule has 3 heterocycles. The molecule has 2 aliphatic heterocycles. The van der Waals surface area contributed by atoms with Crippen LogP contribution >= 0.6 is 0 Å². The third-order valence-corrected chi connectivity index (χ3v) is 6.56. The van der Waals surface area contributed by atoms with Crippen molar-refractivity contribution in [2.75, 3.05) is 19.7 Å². The number of nitrogens with zero attached hydrogens (tertiary/aromatic N) is 3. The van der Waals surface area contributed by atoms with Crippen LogP contribution in [0, 0.1) is 5.92 Å². The highest BCUT2D eigenvalue weighted by molar-refractivity contribution is 5.88. The number of rotatable bonds is 5. The van der Waals surface area contributed by atoms with Crippen LogP contribution in [0.4, 0.5) is 0 Å². The lowest BCUT2D eigenvalue weighted by molar-refractivity contribution is -0.167. The van der Waals surface area contributed by atoms with Crippen molar-refractivity contribution in [3.05, 3.63) is 54.4 Å². The lowest BCUT2D eigenvalue weighted by atomic mass is 9.73. The highest BCUT2D eigenvalue weighted by Gasteiger charge is 2.54. The smallest absolute Gasteiger partial charge is 0.242 e. The van der Waals surface area contributed by atoms with Gasteiger partial charge >= 0.3 is 0 Å². The van der Waals surface area contributed by atoms with Crippen LogP contribution in [0.15, 0.2) is 48.8 Å². The van der Waals surface area contributed by atoms with Gasteiger partial charge in [-0.2, -0.15) is 0 Å². The summed E-state index contributed by atoms with van der Waals surface area (Å²) in [7, 11) is 0. The maximum absolute atomic E-state index is 12.7. The number of benzene rings is 1. The Bertz CT molecular complexity index is 911. The normalized spacial score (nSPS) is 26.1. The van der Waals surface area contributed by atoms with Gasteiger partial charge in [-0.3, -0.25) is 14.6 Å². The Morgan fingerprint density at radius 2 is 1.93 bits per heavy atom. The van der Waals surface area contributed by atoms with E-state index in [-0.39, 0.29) is 43.0 Å². The van der Waals surface area contributed by atoms with Gasteiger partial charge in [0.15, 0.2) is 0 Å². The number of fused-ring (bicyclic) bond motifs is 1. The molecule has 0 bridgehead atoms. The van der Waals surface area contributed by atoms with E-state index >= 15 is 0 Å². The van der Waals surface area contributed by atoms with E-state index in [1.165, 1.54) is 0 Å². The number of piperazine rings is 1. The van der Waals surface area contributed by atoms with E-state index in [0.717, 1.165) is 29.5 Å². The molecule has 2 aromatic rings. The summed E-state index contributed by atoms with van der Waals surface area (Å²) in [6, 6.07) is 11.9. The number of carbonyl (C=O) groups is 2. The van der Waals surface area contributed by atoms with Gasteiger partial charge in [-0.15, -0.1) is 0 Å². The first-order chi connectivity index (χ1) is 14.2. The van der Waals surface area contributed by atoms with Crippen LogP contribution in [-0.4, -0.2) is 63.5 Å². The van der Waals surface area contributed by atoms with E-state index in [1.807, 2.05) is 18.3 Å². The summed E-state index contributed by atoms with van der Waals surface area (Å²) in [4.78, 5) is 32.9. The predicted molar refractivity (Wildman–Crippen MR) is 108 cm³/mol. The second kappa shape index (κ2) is 7.26. The molecule has 0 unspecified atom stereocenters. The Balaban J connectivity index is 1.36. The average molecular weight is 391 g/mol. The van der Waals surface area contributed by atoms with Gasteiger partial charge in [0.25, 0.3) is 0 Å². The first-order valence-electron chi connectivity index (χ1n) is 10.4. The zero-order chi connectivity index (χ0) is 20.0. The number of amides is 2. The molecule has 29 heavy (non-hydrogen) atoms. The van der Waals surface area contributed by atoms with E-state index in [4.69, 9.17) is 0 Å². The number of hydrogen-bond acceptors (Lipinski definition) is 4. The van der Waals surface area contributed by atoms with Gasteiger partial charge < -0.3 is 14.9 Å². The first-order valence-corrected chi connectivity index (χ1v) is 10.4. The number of carbonyl (C=O) groups excluding carboxylic acids is 2. The van der Waals surface area contributed by atoms with Gasteiger partial charge in [0.2, 0.25) is 11.8 Å². The fraction of sp³-hybridized carbons (Fsp3) is 0.435. The van der Waals surface area contributed by atoms with Crippen molar-refractivity contribution in [2.24, 2.45) is 5.92 Å². The minimum atomic E-state index is -0.211. The van der Waals surface area contributed by atoms with Crippen molar-refractivity contribution in [3.63, 3.8) is 0 Å². The van der Waals surface area contributed by atoms with E-state index in [2.05, 4.69) is 29.2 Å². The number of pyridine rings is 1. The Kier molecular flexibility index (Phi) is 4.59. The Labute approximate surface area is 170 Å². The van der Waals surface area contributed by atoms with Gasteiger partial charge in [-0.1, -0.05) is 30.3 Å². The molecular formula is C23H25N3O3. The molecule has 3 atom stereocenters. The van der Waals surface area contributed by atoms with Crippen LogP contribution in [0.3, 0.4) is 0 Å². The topological polar surface area (TPSA) is 73.7 Å². The number of aromatic nitrogens is 1. The minimum absolute atomic E-state index is 0.0448. The summed E-state index contributed by atoms with van der Waals surface area (Å²) in [5, 5.41) is 9.93. The number of hydrogen-bond donors (Lipinski definition) is 1. The zero-order valence-corrected chi connectivity index (χ0v) is 16.3. The van der Waals surface area contributed by atoms with Crippen molar-refractivity contribution in [3.8, 4) is 11.1 Å². The van der Waals surface area contributed by atoms with Gasteiger partial charge in [-0.05, 0) is 41.5 Å². The zero-order valence-electron chi connectivity index (χ0n) is 16.3. The molecule has 3 fully saturated rings. The molecule has 5 rings (SSSR count). The van der Waals surface area contributed by atoms with Crippen LogP contribution in [-0.2, 0) is 9.59 Å². The van der Waals surface area contributed by atoms with E-state index in [9.17, 15) is 14.7 Å². The molecule has 0 radical (unpaired) electrons. The SMILES string of the molecule is O=C(CC1CC1)N1CC(=O)N2[C@H](C1)[C@H](c1ccc(-c3cccnc3)cc1)[C@@H]2CO. The van der Waals surface area contributed by atoms with Crippen molar-refractivity contribution >= 4 is 11.8 Å². The standard InChI is InChI=1S/C23H25N3O3/c27-14-20-23(17-7-5-16(6-8-17)18-2-1-9-24-11-18)19-12-25(13-22(29)26(19)20)21(28)10-15-3-4-15/h1-2,5-9,11,15,19-20,23,27H,3-4,10,12-14H2/t19-,20+,23+/m1/s1. The lowest BCUT2D eigenvalue weighted by Crippen LogP contribution is -2.73. The van der Waals surface area contributed by atoms with Crippen molar-refractivity contribution < 1.29 is 14.7 Å². The van der Waals surface area contributed by atoms with Crippen LogP contribution in [0.25, 0.3) is 11.1 Å². The Morgan fingerprint density at radius 3 is 2.59 bits per heavy atom. The van der Waals surface area contributed by atoms with Crippen LogP contribution < -0.4 is 0 Å². The average Bonchev–Trinajstić information content (AvgIpc) is 3.54. The lowest BCUT2D eigenvalue weighted by Gasteiger charge is -2.58. The summed E-state index contributed by atoms with van der Waals surface area (Å²) in [6.07, 6.45) is 6.40. The molecule has 3 aliphatic rings. The quantitative estimate of drug-likeness (QED) is 0.847. The molecule has 2 saturated heterocycles. The molecule has 1 aliphatic carbocycles. The van der Waals surface area contributed by atoms with Gasteiger partial charge in [0.1, 0.15) is 0 Å². The molecule has 150 valence electrons. The molecule has 1 N–H and O–H groups in total. The second-order valence-corrected chi connectivity index (χ2v) is 8.43. The Morgan fingerprint density at radius 1 is 1.14 bits per heavy atom. The van der Waals surface area contributed by atoms with Crippen LogP contribution in [0.2, 0.25) is 0 Å². The fourth-order valence-electron chi connectivity index (χ4n) is 4.82. The molecule has 1 aromatic carbocycles. The molecule has 6 nitrogen and oxygen atoms in total. The summed E-state index contributed by atoms with van der Waals surface area (Å²) >= 11 is 0. The molecule has 6 heteroatoms. The molecule has 1 aromatic heterocycles. The number of aliphatic hydroxyl groups is 1. The van der Waals surface area contributed by atoms with Crippen molar-refractivity contribution in [1.29, 1.82) is 0 Å². The maximum Gasteiger partial charge on any atom is 0.242 e. The highest BCUT2D eigenvalue weighted by Crippen LogP contribution is 2.43. The monoisotopic (exact) mass is 391 g/mol.